The number of ether oxygens (including phenoxy) is 1. The van der Waals surface area contributed by atoms with Crippen LogP contribution in [0.25, 0.3) is 11.4 Å². The fourth-order valence-electron chi connectivity index (χ4n) is 3.64. The summed E-state index contributed by atoms with van der Waals surface area (Å²) in [6, 6.07) is 3.67. The van der Waals surface area contributed by atoms with Crippen LogP contribution in [0.1, 0.15) is 40.0 Å². The van der Waals surface area contributed by atoms with Gasteiger partial charge in [-0.15, -0.1) is 10.2 Å². The molecule has 1 saturated carbocycles. The van der Waals surface area contributed by atoms with Crippen LogP contribution >= 0.6 is 11.8 Å². The Balaban J connectivity index is 1.58. The average molecular weight is 390 g/mol. The molecule has 3 atom stereocenters. The number of nitrogens with two attached hydrogens (primary N) is 1. The zero-order valence-corrected chi connectivity index (χ0v) is 16.9. The molecule has 1 fully saturated rings. The van der Waals surface area contributed by atoms with E-state index in [4.69, 9.17) is 10.6 Å². The van der Waals surface area contributed by atoms with Crippen LogP contribution in [0.4, 0.5) is 0 Å². The molecule has 2 N–H and O–H groups in total. The lowest BCUT2D eigenvalue weighted by atomic mass is 9.75. The Kier molecular flexibility index (Phi) is 6.36. The van der Waals surface area contributed by atoms with Gasteiger partial charge in [-0.2, -0.15) is 0 Å². The quantitative estimate of drug-likeness (QED) is 0.460. The van der Waals surface area contributed by atoms with Crippen molar-refractivity contribution in [2.24, 2.45) is 17.8 Å². The standard InChI is InChI=1S/C19H27N5O2S/c1-12(2)15-7-6-13(3)9-16(15)26-17(25)11-27-19-23-22-18(24(19)20)14-5-4-8-21-10-14/h4-5,8,10,12-13,15-16H,6-7,9,11,20H2,1-3H3/t13-,15-,16-/m1/s1. The molecule has 27 heavy (non-hydrogen) atoms. The third-order valence-corrected chi connectivity index (χ3v) is 6.06. The van der Waals surface area contributed by atoms with Crippen molar-refractivity contribution in [3.63, 3.8) is 0 Å². The molecule has 0 aliphatic heterocycles. The molecule has 0 aromatic carbocycles. The second-order valence-electron chi connectivity index (χ2n) is 7.56. The summed E-state index contributed by atoms with van der Waals surface area (Å²) in [5, 5.41) is 8.66. The molecule has 0 saturated heterocycles. The van der Waals surface area contributed by atoms with Crippen molar-refractivity contribution in [3.05, 3.63) is 24.5 Å². The van der Waals surface area contributed by atoms with E-state index in [-0.39, 0.29) is 17.8 Å². The summed E-state index contributed by atoms with van der Waals surface area (Å²) in [4.78, 5) is 16.5. The van der Waals surface area contributed by atoms with Gasteiger partial charge in [-0.1, -0.05) is 39.0 Å². The van der Waals surface area contributed by atoms with Crippen LogP contribution < -0.4 is 5.84 Å². The van der Waals surface area contributed by atoms with Crippen LogP contribution in [0.3, 0.4) is 0 Å². The Labute approximate surface area is 164 Å². The molecule has 2 heterocycles. The zero-order chi connectivity index (χ0) is 19.4. The first-order valence-corrected chi connectivity index (χ1v) is 10.4. The third kappa shape index (κ3) is 4.80. The predicted molar refractivity (Wildman–Crippen MR) is 105 cm³/mol. The number of hydrogen-bond acceptors (Lipinski definition) is 7. The minimum Gasteiger partial charge on any atom is -0.461 e. The number of carbonyl (C=O) groups excluding carboxylic acids is 1. The molecule has 146 valence electrons. The largest absolute Gasteiger partial charge is 0.461 e. The number of rotatable bonds is 6. The van der Waals surface area contributed by atoms with Crippen molar-refractivity contribution in [1.82, 2.24) is 19.9 Å². The first-order valence-electron chi connectivity index (χ1n) is 9.39. The van der Waals surface area contributed by atoms with E-state index < -0.39 is 0 Å². The van der Waals surface area contributed by atoms with E-state index in [1.807, 2.05) is 12.1 Å². The highest BCUT2D eigenvalue weighted by Gasteiger charge is 2.33. The van der Waals surface area contributed by atoms with Gasteiger partial charge in [0.15, 0.2) is 5.82 Å². The fraction of sp³-hybridized carbons (Fsp3) is 0.579. The molecule has 2 aromatic rings. The van der Waals surface area contributed by atoms with Gasteiger partial charge < -0.3 is 10.6 Å². The Bertz CT molecular complexity index is 765. The lowest BCUT2D eigenvalue weighted by Crippen LogP contribution is -2.36. The Morgan fingerprint density at radius 2 is 2.22 bits per heavy atom. The van der Waals surface area contributed by atoms with Crippen molar-refractivity contribution in [1.29, 1.82) is 0 Å². The Morgan fingerprint density at radius 3 is 2.93 bits per heavy atom. The first-order chi connectivity index (χ1) is 13.0. The molecule has 1 aliphatic carbocycles. The van der Waals surface area contributed by atoms with Crippen LogP contribution in [-0.2, 0) is 9.53 Å². The van der Waals surface area contributed by atoms with Gasteiger partial charge in [0.1, 0.15) is 6.10 Å². The monoisotopic (exact) mass is 389 g/mol. The normalized spacial score (nSPS) is 22.7. The van der Waals surface area contributed by atoms with Crippen molar-refractivity contribution in [2.45, 2.75) is 51.3 Å². The fourth-order valence-corrected chi connectivity index (χ4v) is 4.28. The molecule has 0 bridgehead atoms. The molecular weight excluding hydrogens is 362 g/mol. The number of nitrogens with zero attached hydrogens (tertiary/aromatic N) is 4. The summed E-state index contributed by atoms with van der Waals surface area (Å²) in [5.74, 6) is 8.07. The van der Waals surface area contributed by atoms with E-state index in [0.717, 1.165) is 18.4 Å². The summed E-state index contributed by atoms with van der Waals surface area (Å²) >= 11 is 1.24. The minimum absolute atomic E-state index is 0.00329. The van der Waals surface area contributed by atoms with Gasteiger partial charge in [0.05, 0.1) is 5.75 Å². The molecule has 3 rings (SSSR count). The van der Waals surface area contributed by atoms with Crippen molar-refractivity contribution in [3.8, 4) is 11.4 Å². The SMILES string of the molecule is CC(C)[C@H]1CC[C@@H](C)C[C@H]1OC(=O)CSc1nnc(-c2cccnc2)n1N. The highest BCUT2D eigenvalue weighted by atomic mass is 32.2. The lowest BCUT2D eigenvalue weighted by molar-refractivity contribution is -0.152. The van der Waals surface area contributed by atoms with E-state index in [1.165, 1.54) is 22.9 Å². The van der Waals surface area contributed by atoms with Crippen molar-refractivity contribution >= 4 is 17.7 Å². The van der Waals surface area contributed by atoms with E-state index in [1.54, 1.807) is 12.4 Å². The summed E-state index contributed by atoms with van der Waals surface area (Å²) in [7, 11) is 0. The topological polar surface area (TPSA) is 95.9 Å². The summed E-state index contributed by atoms with van der Waals surface area (Å²) in [6.07, 6.45) is 6.63. The number of pyridine rings is 1. The minimum atomic E-state index is -0.226. The summed E-state index contributed by atoms with van der Waals surface area (Å²) in [5.41, 5.74) is 0.776. The molecule has 2 aromatic heterocycles. The lowest BCUT2D eigenvalue weighted by Gasteiger charge is -2.36. The van der Waals surface area contributed by atoms with Crippen LogP contribution in [0, 0.1) is 17.8 Å². The van der Waals surface area contributed by atoms with Gasteiger partial charge in [0, 0.05) is 18.0 Å². The molecule has 0 amide bonds. The average Bonchev–Trinajstić information content (AvgIpc) is 3.01. The third-order valence-electron chi connectivity index (χ3n) is 5.15. The van der Waals surface area contributed by atoms with E-state index >= 15 is 0 Å². The molecule has 0 unspecified atom stereocenters. The van der Waals surface area contributed by atoms with Gasteiger partial charge in [-0.3, -0.25) is 9.78 Å². The number of esters is 1. The second kappa shape index (κ2) is 8.73. The van der Waals surface area contributed by atoms with Crippen LogP contribution in [0.5, 0.6) is 0 Å². The van der Waals surface area contributed by atoms with Crippen molar-refractivity contribution in [2.75, 3.05) is 11.6 Å². The van der Waals surface area contributed by atoms with Gasteiger partial charge in [-0.05, 0) is 42.7 Å². The predicted octanol–water partition coefficient (Wildman–Crippen LogP) is 3.15. The maximum atomic E-state index is 12.4. The zero-order valence-electron chi connectivity index (χ0n) is 16.0. The smallest absolute Gasteiger partial charge is 0.316 e. The van der Waals surface area contributed by atoms with Gasteiger partial charge in [0.2, 0.25) is 5.16 Å². The van der Waals surface area contributed by atoms with Gasteiger partial charge in [0.25, 0.3) is 0 Å². The number of aromatic nitrogens is 4. The van der Waals surface area contributed by atoms with Crippen LogP contribution in [0.2, 0.25) is 0 Å². The Morgan fingerprint density at radius 1 is 1.41 bits per heavy atom. The van der Waals surface area contributed by atoms with E-state index in [2.05, 4.69) is 36.0 Å². The first kappa shape index (κ1) is 19.7. The van der Waals surface area contributed by atoms with Gasteiger partial charge in [-0.25, -0.2) is 4.68 Å². The Hall–Kier alpha value is -2.09. The molecule has 0 spiro atoms. The molecule has 0 radical (unpaired) electrons. The molecule has 8 heteroatoms. The number of hydrogen-bond donors (Lipinski definition) is 1. The van der Waals surface area contributed by atoms with Crippen LogP contribution in [0.15, 0.2) is 29.7 Å². The maximum Gasteiger partial charge on any atom is 0.316 e. The van der Waals surface area contributed by atoms with E-state index in [0.29, 0.717) is 28.7 Å². The van der Waals surface area contributed by atoms with Crippen LogP contribution in [-0.4, -0.2) is 37.7 Å². The highest BCUT2D eigenvalue weighted by molar-refractivity contribution is 7.99. The molecule has 7 nitrogen and oxygen atoms in total. The molecular formula is C19H27N5O2S. The van der Waals surface area contributed by atoms with E-state index in [9.17, 15) is 4.79 Å². The number of carbonyl (C=O) groups is 1. The molecule has 1 aliphatic rings. The van der Waals surface area contributed by atoms with Gasteiger partial charge >= 0.3 is 5.97 Å². The van der Waals surface area contributed by atoms with Crippen molar-refractivity contribution < 1.29 is 9.53 Å². The highest BCUT2D eigenvalue weighted by Crippen LogP contribution is 2.35. The number of nitrogen functional groups attached to an aromatic ring is 1. The second-order valence-corrected chi connectivity index (χ2v) is 8.50. The maximum absolute atomic E-state index is 12.4. The summed E-state index contributed by atoms with van der Waals surface area (Å²) in [6.45, 7) is 6.63. The summed E-state index contributed by atoms with van der Waals surface area (Å²) < 4.78 is 7.20. The number of thioether (sulfide) groups is 1.